The molecule has 1 N–H and O–H groups in total. The SMILES string of the molecule is CNC(=O)c1cccc(Oc2ccc(Br)cc2)c1. The third kappa shape index (κ3) is 3.11. The Kier molecular flexibility index (Phi) is 3.99. The Morgan fingerprint density at radius 3 is 2.50 bits per heavy atom. The first-order chi connectivity index (χ1) is 8.69. The Morgan fingerprint density at radius 1 is 1.11 bits per heavy atom. The Labute approximate surface area is 114 Å². The molecule has 0 spiro atoms. The van der Waals surface area contributed by atoms with Crippen LogP contribution in [0.15, 0.2) is 53.0 Å². The third-order valence-electron chi connectivity index (χ3n) is 2.37. The third-order valence-corrected chi connectivity index (χ3v) is 2.90. The van der Waals surface area contributed by atoms with Crippen molar-refractivity contribution in [2.45, 2.75) is 0 Å². The van der Waals surface area contributed by atoms with E-state index in [9.17, 15) is 4.79 Å². The van der Waals surface area contributed by atoms with Gasteiger partial charge in [0.1, 0.15) is 11.5 Å². The number of rotatable bonds is 3. The van der Waals surface area contributed by atoms with Crippen molar-refractivity contribution in [3.8, 4) is 11.5 Å². The predicted octanol–water partition coefficient (Wildman–Crippen LogP) is 3.60. The van der Waals surface area contributed by atoms with Crippen LogP contribution < -0.4 is 10.1 Å². The molecular formula is C14H12BrNO2. The lowest BCUT2D eigenvalue weighted by Crippen LogP contribution is -2.17. The fourth-order valence-corrected chi connectivity index (χ4v) is 1.75. The fraction of sp³-hybridized carbons (Fsp3) is 0.0714. The van der Waals surface area contributed by atoms with Crippen LogP contribution >= 0.6 is 15.9 Å². The lowest BCUT2D eigenvalue weighted by atomic mass is 10.2. The maximum atomic E-state index is 11.5. The molecule has 0 aliphatic rings. The molecule has 92 valence electrons. The summed E-state index contributed by atoms with van der Waals surface area (Å²) in [4.78, 5) is 11.5. The summed E-state index contributed by atoms with van der Waals surface area (Å²) < 4.78 is 6.66. The van der Waals surface area contributed by atoms with Crippen LogP contribution in [0.3, 0.4) is 0 Å². The highest BCUT2D eigenvalue weighted by atomic mass is 79.9. The van der Waals surface area contributed by atoms with Crippen molar-refractivity contribution >= 4 is 21.8 Å². The van der Waals surface area contributed by atoms with Crippen molar-refractivity contribution in [3.05, 3.63) is 58.6 Å². The quantitative estimate of drug-likeness (QED) is 0.941. The van der Waals surface area contributed by atoms with E-state index in [0.29, 0.717) is 11.3 Å². The summed E-state index contributed by atoms with van der Waals surface area (Å²) in [5, 5.41) is 2.58. The van der Waals surface area contributed by atoms with Crippen LogP contribution in [0.4, 0.5) is 0 Å². The maximum Gasteiger partial charge on any atom is 0.251 e. The first-order valence-corrected chi connectivity index (χ1v) is 6.24. The lowest BCUT2D eigenvalue weighted by Gasteiger charge is -2.07. The molecule has 3 nitrogen and oxygen atoms in total. The smallest absolute Gasteiger partial charge is 0.251 e. The van der Waals surface area contributed by atoms with Gasteiger partial charge in [0, 0.05) is 17.1 Å². The minimum Gasteiger partial charge on any atom is -0.457 e. The monoisotopic (exact) mass is 305 g/mol. The number of ether oxygens (including phenoxy) is 1. The molecule has 0 fully saturated rings. The molecule has 0 aliphatic heterocycles. The summed E-state index contributed by atoms with van der Waals surface area (Å²) in [6.07, 6.45) is 0. The lowest BCUT2D eigenvalue weighted by molar-refractivity contribution is 0.0963. The molecule has 4 heteroatoms. The molecule has 0 atom stereocenters. The second-order valence-corrected chi connectivity index (χ2v) is 4.58. The zero-order valence-corrected chi connectivity index (χ0v) is 11.4. The van der Waals surface area contributed by atoms with Crippen molar-refractivity contribution in [2.75, 3.05) is 7.05 Å². The van der Waals surface area contributed by atoms with E-state index < -0.39 is 0 Å². The van der Waals surface area contributed by atoms with E-state index in [2.05, 4.69) is 21.2 Å². The zero-order valence-electron chi connectivity index (χ0n) is 9.81. The van der Waals surface area contributed by atoms with E-state index in [1.54, 1.807) is 25.2 Å². The van der Waals surface area contributed by atoms with Gasteiger partial charge in [0.05, 0.1) is 0 Å². The van der Waals surface area contributed by atoms with Gasteiger partial charge in [0.15, 0.2) is 0 Å². The van der Waals surface area contributed by atoms with E-state index in [1.165, 1.54) is 0 Å². The van der Waals surface area contributed by atoms with Crippen LogP contribution in [0.5, 0.6) is 11.5 Å². The van der Waals surface area contributed by atoms with Gasteiger partial charge in [-0.2, -0.15) is 0 Å². The molecule has 0 radical (unpaired) electrons. The van der Waals surface area contributed by atoms with Crippen molar-refractivity contribution in [2.24, 2.45) is 0 Å². The average Bonchev–Trinajstić information content (AvgIpc) is 2.41. The summed E-state index contributed by atoms with van der Waals surface area (Å²) >= 11 is 3.36. The molecule has 0 saturated carbocycles. The van der Waals surface area contributed by atoms with Crippen molar-refractivity contribution in [1.29, 1.82) is 0 Å². The molecule has 2 aromatic rings. The molecule has 0 unspecified atom stereocenters. The molecule has 0 heterocycles. The summed E-state index contributed by atoms with van der Waals surface area (Å²) in [5.41, 5.74) is 0.576. The maximum absolute atomic E-state index is 11.5. The molecule has 0 aromatic heterocycles. The van der Waals surface area contributed by atoms with Gasteiger partial charge in [-0.25, -0.2) is 0 Å². The van der Waals surface area contributed by atoms with Crippen LogP contribution in [0.2, 0.25) is 0 Å². The summed E-state index contributed by atoms with van der Waals surface area (Å²) in [6, 6.07) is 14.6. The second-order valence-electron chi connectivity index (χ2n) is 3.66. The number of amides is 1. The Bertz CT molecular complexity index is 552. The molecule has 18 heavy (non-hydrogen) atoms. The van der Waals surface area contributed by atoms with Gasteiger partial charge in [-0.15, -0.1) is 0 Å². The average molecular weight is 306 g/mol. The van der Waals surface area contributed by atoms with Crippen LogP contribution in [0.25, 0.3) is 0 Å². The van der Waals surface area contributed by atoms with E-state index >= 15 is 0 Å². The predicted molar refractivity (Wildman–Crippen MR) is 74.0 cm³/mol. The van der Waals surface area contributed by atoms with Crippen molar-refractivity contribution < 1.29 is 9.53 Å². The van der Waals surface area contributed by atoms with E-state index in [4.69, 9.17) is 4.74 Å². The highest BCUT2D eigenvalue weighted by Gasteiger charge is 2.04. The minimum atomic E-state index is -0.128. The van der Waals surface area contributed by atoms with Crippen molar-refractivity contribution in [3.63, 3.8) is 0 Å². The normalized spacial score (nSPS) is 9.89. The van der Waals surface area contributed by atoms with Gasteiger partial charge < -0.3 is 10.1 Å². The van der Waals surface area contributed by atoms with Crippen LogP contribution in [-0.2, 0) is 0 Å². The first kappa shape index (κ1) is 12.6. The summed E-state index contributed by atoms with van der Waals surface area (Å²) in [6.45, 7) is 0. The van der Waals surface area contributed by atoms with Crippen LogP contribution in [0.1, 0.15) is 10.4 Å². The number of benzene rings is 2. The molecule has 0 saturated heterocycles. The topological polar surface area (TPSA) is 38.3 Å². The first-order valence-electron chi connectivity index (χ1n) is 5.44. The number of nitrogens with one attached hydrogen (secondary N) is 1. The number of hydrogen-bond acceptors (Lipinski definition) is 2. The second kappa shape index (κ2) is 5.69. The highest BCUT2D eigenvalue weighted by molar-refractivity contribution is 9.10. The standard InChI is InChI=1S/C14H12BrNO2/c1-16-14(17)10-3-2-4-13(9-10)18-12-7-5-11(15)6-8-12/h2-9H,1H3,(H,16,17). The molecule has 2 rings (SSSR count). The van der Waals surface area contributed by atoms with Gasteiger partial charge in [-0.3, -0.25) is 4.79 Å². The Balaban J connectivity index is 2.19. The van der Waals surface area contributed by atoms with Gasteiger partial charge in [0.2, 0.25) is 0 Å². The van der Waals surface area contributed by atoms with E-state index in [-0.39, 0.29) is 5.91 Å². The van der Waals surface area contributed by atoms with Gasteiger partial charge >= 0.3 is 0 Å². The highest BCUT2D eigenvalue weighted by Crippen LogP contribution is 2.23. The largest absolute Gasteiger partial charge is 0.457 e. The van der Waals surface area contributed by atoms with E-state index in [1.807, 2.05) is 30.3 Å². The molecule has 1 amide bonds. The van der Waals surface area contributed by atoms with Gasteiger partial charge in [-0.1, -0.05) is 22.0 Å². The minimum absolute atomic E-state index is 0.128. The van der Waals surface area contributed by atoms with Gasteiger partial charge in [-0.05, 0) is 42.5 Å². The molecule has 2 aromatic carbocycles. The number of carbonyl (C=O) groups is 1. The molecule has 0 aliphatic carbocycles. The van der Waals surface area contributed by atoms with E-state index in [0.717, 1.165) is 10.2 Å². The van der Waals surface area contributed by atoms with Crippen molar-refractivity contribution in [1.82, 2.24) is 5.32 Å². The number of hydrogen-bond donors (Lipinski definition) is 1. The van der Waals surface area contributed by atoms with Crippen LogP contribution in [0, 0.1) is 0 Å². The Hall–Kier alpha value is -1.81. The summed E-state index contributed by atoms with van der Waals surface area (Å²) in [7, 11) is 1.60. The molecule has 0 bridgehead atoms. The number of halogens is 1. The number of carbonyl (C=O) groups excluding carboxylic acids is 1. The fourth-order valence-electron chi connectivity index (χ4n) is 1.48. The van der Waals surface area contributed by atoms with Gasteiger partial charge in [0.25, 0.3) is 5.91 Å². The van der Waals surface area contributed by atoms with Crippen LogP contribution in [-0.4, -0.2) is 13.0 Å². The summed E-state index contributed by atoms with van der Waals surface area (Å²) in [5.74, 6) is 1.24. The zero-order chi connectivity index (χ0) is 13.0. The Morgan fingerprint density at radius 2 is 1.83 bits per heavy atom. The molecular weight excluding hydrogens is 294 g/mol.